The maximum absolute atomic E-state index is 11.9. The molecule has 0 aliphatic carbocycles. The van der Waals surface area contributed by atoms with Crippen molar-refractivity contribution in [1.29, 1.82) is 0 Å². The van der Waals surface area contributed by atoms with E-state index in [1.807, 2.05) is 32.9 Å². The molecule has 27 heavy (non-hydrogen) atoms. The van der Waals surface area contributed by atoms with Crippen LogP contribution in [0, 0.1) is 0 Å². The minimum absolute atomic E-state index is 0. The van der Waals surface area contributed by atoms with E-state index >= 15 is 0 Å². The van der Waals surface area contributed by atoms with Crippen LogP contribution < -0.4 is 30.2 Å². The molecule has 0 aromatic heterocycles. The number of halogens is 1. The van der Waals surface area contributed by atoms with Gasteiger partial charge in [0.05, 0.1) is 27.9 Å². The highest BCUT2D eigenvalue weighted by molar-refractivity contribution is 14.0. The monoisotopic (exact) mass is 494 g/mol. The molecule has 9 heteroatoms. The number of benzene rings is 1. The molecule has 1 aromatic rings. The lowest BCUT2D eigenvalue weighted by Gasteiger charge is -2.21. The third-order valence-electron chi connectivity index (χ3n) is 3.39. The summed E-state index contributed by atoms with van der Waals surface area (Å²) in [5.41, 5.74) is 0.593. The second kappa shape index (κ2) is 11.7. The zero-order valence-electron chi connectivity index (χ0n) is 17.1. The van der Waals surface area contributed by atoms with Crippen molar-refractivity contribution >= 4 is 35.8 Å². The Morgan fingerprint density at radius 1 is 1.04 bits per heavy atom. The van der Waals surface area contributed by atoms with E-state index in [1.54, 1.807) is 28.4 Å². The molecule has 0 saturated carbocycles. The van der Waals surface area contributed by atoms with E-state index in [9.17, 15) is 4.79 Å². The fourth-order valence-electron chi connectivity index (χ4n) is 2.33. The lowest BCUT2D eigenvalue weighted by Crippen LogP contribution is -2.48. The summed E-state index contributed by atoms with van der Waals surface area (Å²) in [6.07, 6.45) is 0. The van der Waals surface area contributed by atoms with E-state index in [-0.39, 0.29) is 42.0 Å². The van der Waals surface area contributed by atoms with Crippen molar-refractivity contribution in [2.24, 2.45) is 4.99 Å². The second-order valence-corrected chi connectivity index (χ2v) is 6.57. The third kappa shape index (κ3) is 8.10. The SMILES string of the molecule is CN=C(NCC(=O)NC(C)(C)C)NCc1ccc(OC)c(OC)c1OC.I. The average molecular weight is 494 g/mol. The van der Waals surface area contributed by atoms with Gasteiger partial charge in [-0.2, -0.15) is 0 Å². The molecular formula is C18H31IN4O4. The first-order chi connectivity index (χ1) is 12.3. The number of guanidine groups is 1. The summed E-state index contributed by atoms with van der Waals surface area (Å²) in [6, 6.07) is 3.69. The number of carbonyl (C=O) groups excluding carboxylic acids is 1. The van der Waals surface area contributed by atoms with Crippen LogP contribution in [0.15, 0.2) is 17.1 Å². The highest BCUT2D eigenvalue weighted by atomic mass is 127. The van der Waals surface area contributed by atoms with Crippen molar-refractivity contribution in [3.63, 3.8) is 0 Å². The van der Waals surface area contributed by atoms with Crippen LogP contribution in [-0.2, 0) is 11.3 Å². The Morgan fingerprint density at radius 3 is 2.15 bits per heavy atom. The Bertz CT molecular complexity index is 645. The van der Waals surface area contributed by atoms with E-state index in [2.05, 4.69) is 20.9 Å². The Kier molecular flexibility index (Phi) is 10.9. The maximum atomic E-state index is 11.9. The van der Waals surface area contributed by atoms with Crippen molar-refractivity contribution < 1.29 is 19.0 Å². The number of ether oxygens (including phenoxy) is 3. The van der Waals surface area contributed by atoms with Crippen LogP contribution in [-0.4, -0.2) is 52.3 Å². The van der Waals surface area contributed by atoms with Crippen molar-refractivity contribution in [3.05, 3.63) is 17.7 Å². The number of nitrogens with zero attached hydrogens (tertiary/aromatic N) is 1. The van der Waals surface area contributed by atoms with Crippen molar-refractivity contribution in [2.45, 2.75) is 32.9 Å². The number of methoxy groups -OCH3 is 3. The van der Waals surface area contributed by atoms with Gasteiger partial charge in [-0.1, -0.05) is 0 Å². The smallest absolute Gasteiger partial charge is 0.239 e. The summed E-state index contributed by atoms with van der Waals surface area (Å²) in [5, 5.41) is 9.01. The van der Waals surface area contributed by atoms with E-state index in [0.717, 1.165) is 5.56 Å². The van der Waals surface area contributed by atoms with Crippen molar-refractivity contribution in [2.75, 3.05) is 34.9 Å². The largest absolute Gasteiger partial charge is 0.493 e. The summed E-state index contributed by atoms with van der Waals surface area (Å²) >= 11 is 0. The molecule has 0 spiro atoms. The van der Waals surface area contributed by atoms with Crippen LogP contribution in [0.2, 0.25) is 0 Å². The number of rotatable bonds is 7. The Hall–Kier alpha value is -1.91. The minimum atomic E-state index is -0.275. The standard InChI is InChI=1S/C18H30N4O4.HI/c1-18(2,3)22-14(23)11-21-17(19-4)20-10-12-8-9-13(24-5)16(26-7)15(12)25-6;/h8-9H,10-11H2,1-7H3,(H,22,23)(H2,19,20,21);1H. The van der Waals surface area contributed by atoms with Gasteiger partial charge in [-0.25, -0.2) is 0 Å². The van der Waals surface area contributed by atoms with Crippen molar-refractivity contribution in [3.8, 4) is 17.2 Å². The van der Waals surface area contributed by atoms with Crippen LogP contribution >= 0.6 is 24.0 Å². The minimum Gasteiger partial charge on any atom is -0.493 e. The van der Waals surface area contributed by atoms with Gasteiger partial charge >= 0.3 is 0 Å². The lowest BCUT2D eigenvalue weighted by molar-refractivity contribution is -0.121. The molecule has 1 aromatic carbocycles. The molecule has 154 valence electrons. The predicted molar refractivity (Wildman–Crippen MR) is 118 cm³/mol. The summed E-state index contributed by atoms with van der Waals surface area (Å²) in [4.78, 5) is 16.0. The fraction of sp³-hybridized carbons (Fsp3) is 0.556. The van der Waals surface area contributed by atoms with Gasteiger partial charge < -0.3 is 30.2 Å². The van der Waals surface area contributed by atoms with Crippen LogP contribution in [0.1, 0.15) is 26.3 Å². The highest BCUT2D eigenvalue weighted by Gasteiger charge is 2.16. The molecule has 0 fully saturated rings. The molecule has 0 heterocycles. The summed E-state index contributed by atoms with van der Waals surface area (Å²) < 4.78 is 16.1. The van der Waals surface area contributed by atoms with Gasteiger partial charge in [0.2, 0.25) is 11.7 Å². The number of hydrogen-bond donors (Lipinski definition) is 3. The van der Waals surface area contributed by atoms with Gasteiger partial charge in [-0.15, -0.1) is 24.0 Å². The summed E-state index contributed by atoms with van der Waals surface area (Å²) in [6.45, 7) is 6.36. The number of aliphatic imine (C=N–C) groups is 1. The molecule has 0 saturated heterocycles. The van der Waals surface area contributed by atoms with Crippen LogP contribution in [0.4, 0.5) is 0 Å². The molecule has 0 aliphatic heterocycles. The Balaban J connectivity index is 0.00000676. The molecule has 0 atom stereocenters. The van der Waals surface area contributed by atoms with E-state index in [4.69, 9.17) is 14.2 Å². The summed E-state index contributed by atoms with van der Waals surface area (Å²) in [5.74, 6) is 2.10. The van der Waals surface area contributed by atoms with Gasteiger partial charge in [0.1, 0.15) is 0 Å². The van der Waals surface area contributed by atoms with E-state index in [1.165, 1.54) is 0 Å². The van der Waals surface area contributed by atoms with Crippen molar-refractivity contribution in [1.82, 2.24) is 16.0 Å². The van der Waals surface area contributed by atoms with Crippen LogP contribution in [0.25, 0.3) is 0 Å². The normalized spacial score (nSPS) is 11.1. The predicted octanol–water partition coefficient (Wildman–Crippen LogP) is 1.91. The summed E-state index contributed by atoms with van der Waals surface area (Å²) in [7, 11) is 6.35. The molecular weight excluding hydrogens is 463 g/mol. The fourth-order valence-corrected chi connectivity index (χ4v) is 2.33. The van der Waals surface area contributed by atoms with E-state index in [0.29, 0.717) is 29.8 Å². The number of carbonyl (C=O) groups is 1. The molecule has 0 unspecified atom stereocenters. The highest BCUT2D eigenvalue weighted by Crippen LogP contribution is 2.39. The first-order valence-corrected chi connectivity index (χ1v) is 8.29. The number of nitrogens with one attached hydrogen (secondary N) is 3. The zero-order valence-corrected chi connectivity index (χ0v) is 19.4. The van der Waals surface area contributed by atoms with Crippen LogP contribution in [0.3, 0.4) is 0 Å². The quantitative estimate of drug-likeness (QED) is 0.305. The van der Waals surface area contributed by atoms with Gasteiger partial charge in [0.15, 0.2) is 17.5 Å². The average Bonchev–Trinajstić information content (AvgIpc) is 2.59. The molecule has 0 radical (unpaired) electrons. The second-order valence-electron chi connectivity index (χ2n) is 6.57. The zero-order chi connectivity index (χ0) is 19.7. The first kappa shape index (κ1) is 25.1. The Labute approximate surface area is 178 Å². The maximum Gasteiger partial charge on any atom is 0.239 e. The van der Waals surface area contributed by atoms with Gasteiger partial charge in [-0.05, 0) is 32.9 Å². The van der Waals surface area contributed by atoms with Crippen LogP contribution in [0.5, 0.6) is 17.2 Å². The lowest BCUT2D eigenvalue weighted by atomic mass is 10.1. The first-order valence-electron chi connectivity index (χ1n) is 8.29. The molecule has 1 amide bonds. The molecule has 0 bridgehead atoms. The van der Waals surface area contributed by atoms with Gasteiger partial charge in [-0.3, -0.25) is 9.79 Å². The molecule has 3 N–H and O–H groups in total. The Morgan fingerprint density at radius 2 is 1.67 bits per heavy atom. The number of amides is 1. The van der Waals surface area contributed by atoms with Gasteiger partial charge in [0.25, 0.3) is 0 Å². The molecule has 0 aliphatic rings. The molecule has 8 nitrogen and oxygen atoms in total. The van der Waals surface area contributed by atoms with Gasteiger partial charge in [0, 0.05) is 24.7 Å². The third-order valence-corrected chi connectivity index (χ3v) is 3.39. The number of hydrogen-bond acceptors (Lipinski definition) is 5. The topological polar surface area (TPSA) is 93.2 Å². The van der Waals surface area contributed by atoms with E-state index < -0.39 is 0 Å². The molecule has 1 rings (SSSR count).